The third-order valence-corrected chi connectivity index (χ3v) is 21.5. The number of hydrogen-bond acceptors (Lipinski definition) is 15. The number of rotatable bonds is 82. The van der Waals surface area contributed by atoms with Gasteiger partial charge < -0.3 is 33.8 Å². The summed E-state index contributed by atoms with van der Waals surface area (Å²) in [5, 5.41) is 10.6. The summed E-state index contributed by atoms with van der Waals surface area (Å²) in [6.07, 6.45) is 66.8. The standard InChI is InChI=1S/C82H160O17P2/c1-6-10-13-16-19-22-24-25-26-27-28-29-33-36-39-42-47-51-56-61-66-80(85)93-72-78(99-82(87)68-63-58-53-48-43-40-37-34-31-30-32-35-38-41-45-49-54-59-64-75(5)9-4)74-97-101(90,91)95-70-76(83)69-94-100(88,89)96-73-77(71-92-79(84)65-60-55-50-44-21-18-15-12-8-3)98-81(86)67-62-57-52-46-23-20-17-14-11-7-2/h75-78,83H,6-74H2,1-5H3,(H,88,89)(H,90,91)/t75?,76-,77+,78+/m0/s1. The van der Waals surface area contributed by atoms with Gasteiger partial charge in [0.2, 0.25) is 0 Å². The Hall–Kier alpha value is -1.94. The highest BCUT2D eigenvalue weighted by Gasteiger charge is 2.30. The van der Waals surface area contributed by atoms with Crippen molar-refractivity contribution in [3.63, 3.8) is 0 Å². The van der Waals surface area contributed by atoms with Gasteiger partial charge in [0.25, 0.3) is 0 Å². The van der Waals surface area contributed by atoms with E-state index in [9.17, 15) is 43.2 Å². The van der Waals surface area contributed by atoms with E-state index in [1.807, 2.05) is 0 Å². The van der Waals surface area contributed by atoms with E-state index in [1.54, 1.807) is 0 Å². The van der Waals surface area contributed by atoms with E-state index in [2.05, 4.69) is 34.6 Å². The SMILES string of the molecule is CCCCCCCCCCCCCCCCCCCCCCC(=O)OC[C@H](COP(=O)(O)OC[C@@H](O)COP(=O)(O)OC[C@@H](COC(=O)CCCCCCCCCCC)OC(=O)CCCCCCCCCCCC)OC(=O)CCCCCCCCCCCCCCCCCCCCC(C)CC. The number of phosphoric acid groups is 2. The second-order valence-electron chi connectivity index (χ2n) is 29.8. The molecule has 0 radical (unpaired) electrons. The molecule has 0 rings (SSSR count). The van der Waals surface area contributed by atoms with E-state index < -0.39 is 97.5 Å². The van der Waals surface area contributed by atoms with Gasteiger partial charge in [-0.1, -0.05) is 388 Å². The lowest BCUT2D eigenvalue weighted by molar-refractivity contribution is -0.161. The number of aliphatic hydroxyl groups excluding tert-OH is 1. The molecule has 0 bridgehead atoms. The Labute approximate surface area is 619 Å². The number of phosphoric ester groups is 2. The molecule has 0 aliphatic rings. The Kier molecular flexibility index (Phi) is 73.5. The molecule has 600 valence electrons. The van der Waals surface area contributed by atoms with Crippen molar-refractivity contribution in [2.45, 2.75) is 457 Å². The quantitative estimate of drug-likeness (QED) is 0.0222. The van der Waals surface area contributed by atoms with Crippen molar-refractivity contribution in [2.24, 2.45) is 5.92 Å². The fourth-order valence-electron chi connectivity index (χ4n) is 12.7. The van der Waals surface area contributed by atoms with Crippen molar-refractivity contribution < 1.29 is 80.2 Å². The number of esters is 4. The molecule has 0 saturated heterocycles. The van der Waals surface area contributed by atoms with Crippen molar-refractivity contribution >= 4 is 39.5 Å². The molecule has 0 aliphatic carbocycles. The molecule has 3 unspecified atom stereocenters. The summed E-state index contributed by atoms with van der Waals surface area (Å²) >= 11 is 0. The molecule has 101 heavy (non-hydrogen) atoms. The zero-order valence-corrected chi connectivity index (χ0v) is 67.8. The Balaban J connectivity index is 5.16. The largest absolute Gasteiger partial charge is 0.472 e. The fourth-order valence-corrected chi connectivity index (χ4v) is 14.3. The molecular formula is C82H160O17P2. The van der Waals surface area contributed by atoms with Gasteiger partial charge in [-0.15, -0.1) is 0 Å². The van der Waals surface area contributed by atoms with Gasteiger partial charge in [0, 0.05) is 25.7 Å². The van der Waals surface area contributed by atoms with E-state index in [0.717, 1.165) is 95.8 Å². The van der Waals surface area contributed by atoms with Crippen LogP contribution in [0, 0.1) is 5.92 Å². The smallest absolute Gasteiger partial charge is 0.462 e. The van der Waals surface area contributed by atoms with Crippen LogP contribution in [0.3, 0.4) is 0 Å². The highest BCUT2D eigenvalue weighted by molar-refractivity contribution is 7.47. The van der Waals surface area contributed by atoms with Gasteiger partial charge in [0.05, 0.1) is 26.4 Å². The van der Waals surface area contributed by atoms with Crippen molar-refractivity contribution in [2.75, 3.05) is 39.6 Å². The number of aliphatic hydroxyl groups is 1. The molecule has 6 atom stereocenters. The number of ether oxygens (including phenoxy) is 4. The van der Waals surface area contributed by atoms with Crippen molar-refractivity contribution in [1.29, 1.82) is 0 Å². The molecule has 0 amide bonds. The van der Waals surface area contributed by atoms with Crippen LogP contribution in [0.25, 0.3) is 0 Å². The zero-order chi connectivity index (χ0) is 74.1. The molecule has 0 aliphatic heterocycles. The van der Waals surface area contributed by atoms with Gasteiger partial charge in [0.15, 0.2) is 12.2 Å². The number of hydrogen-bond donors (Lipinski definition) is 3. The highest BCUT2D eigenvalue weighted by Crippen LogP contribution is 2.45. The first kappa shape index (κ1) is 99.1. The van der Waals surface area contributed by atoms with Gasteiger partial charge in [0.1, 0.15) is 19.3 Å². The first-order valence-electron chi connectivity index (χ1n) is 42.7. The van der Waals surface area contributed by atoms with Gasteiger partial charge in [-0.05, 0) is 31.6 Å². The summed E-state index contributed by atoms with van der Waals surface area (Å²) in [5.74, 6) is -1.24. The minimum atomic E-state index is -4.96. The molecule has 0 fully saturated rings. The predicted molar refractivity (Wildman–Crippen MR) is 414 cm³/mol. The summed E-state index contributed by atoms with van der Waals surface area (Å²) in [4.78, 5) is 72.9. The zero-order valence-electron chi connectivity index (χ0n) is 66.1. The summed E-state index contributed by atoms with van der Waals surface area (Å²) in [7, 11) is -9.91. The first-order chi connectivity index (χ1) is 49.1. The topological polar surface area (TPSA) is 237 Å². The van der Waals surface area contributed by atoms with Crippen LogP contribution in [-0.4, -0.2) is 96.7 Å². The molecule has 0 heterocycles. The maximum Gasteiger partial charge on any atom is 0.472 e. The lowest BCUT2D eigenvalue weighted by Gasteiger charge is -2.21. The van der Waals surface area contributed by atoms with Crippen LogP contribution < -0.4 is 0 Å². The molecular weight excluding hydrogens is 1320 g/mol. The summed E-state index contributed by atoms with van der Waals surface area (Å²) in [6.45, 7) is 7.37. The maximum atomic E-state index is 13.1. The third kappa shape index (κ3) is 74.7. The minimum Gasteiger partial charge on any atom is -0.462 e. The minimum absolute atomic E-state index is 0.107. The lowest BCUT2D eigenvalue weighted by Crippen LogP contribution is -2.30. The molecule has 0 aromatic carbocycles. The number of carbonyl (C=O) groups excluding carboxylic acids is 4. The average Bonchev–Trinajstić information content (AvgIpc) is 0.929. The van der Waals surface area contributed by atoms with Crippen molar-refractivity contribution in [3.05, 3.63) is 0 Å². The number of unbranched alkanes of at least 4 members (excludes halogenated alkanes) is 53. The Morgan fingerprint density at radius 3 is 0.703 bits per heavy atom. The van der Waals surface area contributed by atoms with E-state index in [4.69, 9.17) is 37.0 Å². The first-order valence-corrected chi connectivity index (χ1v) is 45.7. The van der Waals surface area contributed by atoms with Crippen molar-refractivity contribution in [3.8, 4) is 0 Å². The van der Waals surface area contributed by atoms with Crippen molar-refractivity contribution in [1.82, 2.24) is 0 Å². The van der Waals surface area contributed by atoms with Gasteiger partial charge >= 0.3 is 39.5 Å². The molecule has 0 spiro atoms. The molecule has 0 aromatic heterocycles. The molecule has 0 saturated carbocycles. The third-order valence-electron chi connectivity index (χ3n) is 19.6. The number of carbonyl (C=O) groups is 4. The Bertz CT molecular complexity index is 1930. The Morgan fingerprint density at radius 1 is 0.277 bits per heavy atom. The second kappa shape index (κ2) is 74.9. The van der Waals surface area contributed by atoms with Gasteiger partial charge in [-0.3, -0.25) is 37.3 Å². The predicted octanol–water partition coefficient (Wildman–Crippen LogP) is 24.8. The van der Waals surface area contributed by atoms with Gasteiger partial charge in [-0.25, -0.2) is 9.13 Å². The monoisotopic (exact) mass is 1480 g/mol. The van der Waals surface area contributed by atoms with Crippen LogP contribution in [0.4, 0.5) is 0 Å². The van der Waals surface area contributed by atoms with Crippen LogP contribution in [0.5, 0.6) is 0 Å². The average molecular weight is 1480 g/mol. The van der Waals surface area contributed by atoms with Crippen LogP contribution in [0.1, 0.15) is 439 Å². The second-order valence-corrected chi connectivity index (χ2v) is 32.7. The lowest BCUT2D eigenvalue weighted by atomic mass is 9.99. The van der Waals surface area contributed by atoms with Gasteiger partial charge in [-0.2, -0.15) is 0 Å². The summed E-state index contributed by atoms with van der Waals surface area (Å²) in [6, 6.07) is 0. The molecule has 3 N–H and O–H groups in total. The van der Waals surface area contributed by atoms with E-state index in [-0.39, 0.29) is 25.7 Å². The van der Waals surface area contributed by atoms with E-state index >= 15 is 0 Å². The molecule has 0 aromatic rings. The van der Waals surface area contributed by atoms with Crippen LogP contribution in [-0.2, 0) is 65.4 Å². The summed E-state index contributed by atoms with van der Waals surface area (Å²) in [5.41, 5.74) is 0. The van der Waals surface area contributed by atoms with Crippen LogP contribution in [0.2, 0.25) is 0 Å². The van der Waals surface area contributed by atoms with Crippen LogP contribution in [0.15, 0.2) is 0 Å². The Morgan fingerprint density at radius 2 is 0.475 bits per heavy atom. The normalized spacial score (nSPS) is 14.1. The molecule has 17 nitrogen and oxygen atoms in total. The highest BCUT2D eigenvalue weighted by atomic mass is 31.2. The molecule has 19 heteroatoms. The summed E-state index contributed by atoms with van der Waals surface area (Å²) < 4.78 is 68.6. The van der Waals surface area contributed by atoms with E-state index in [0.29, 0.717) is 25.7 Å². The van der Waals surface area contributed by atoms with Crippen LogP contribution >= 0.6 is 15.6 Å². The van der Waals surface area contributed by atoms with E-state index in [1.165, 1.54) is 263 Å². The maximum absolute atomic E-state index is 13.1. The fraction of sp³-hybridized carbons (Fsp3) is 0.951.